The number of hydrogen-bond donors (Lipinski definition) is 1. The third-order valence-electron chi connectivity index (χ3n) is 4.61. The Hall–Kier alpha value is -0.530. The zero-order valence-electron chi connectivity index (χ0n) is 16.1. The van der Waals surface area contributed by atoms with Crippen molar-refractivity contribution in [2.24, 2.45) is 0 Å². The lowest BCUT2D eigenvalue weighted by atomic mass is 10.1. The van der Waals surface area contributed by atoms with Crippen molar-refractivity contribution in [2.75, 3.05) is 6.54 Å². The molecule has 0 aromatic carbocycles. The SMILES string of the molecule is CCCCCCCCCCCCC(=O)NCCCCCCCC. The van der Waals surface area contributed by atoms with Gasteiger partial charge in [0.05, 0.1) is 0 Å². The zero-order chi connectivity index (χ0) is 17.0. The summed E-state index contributed by atoms with van der Waals surface area (Å²) in [6.07, 6.45) is 21.7. The van der Waals surface area contributed by atoms with Crippen molar-refractivity contribution in [3.05, 3.63) is 0 Å². The molecule has 0 saturated heterocycles. The summed E-state index contributed by atoms with van der Waals surface area (Å²) in [7, 11) is 0. The first-order valence-corrected chi connectivity index (χ1v) is 10.6. The van der Waals surface area contributed by atoms with Gasteiger partial charge in [0.2, 0.25) is 5.91 Å². The molecular weight excluding hydrogens is 282 g/mol. The fourth-order valence-electron chi connectivity index (χ4n) is 2.99. The lowest BCUT2D eigenvalue weighted by molar-refractivity contribution is -0.121. The highest BCUT2D eigenvalue weighted by molar-refractivity contribution is 5.75. The van der Waals surface area contributed by atoms with E-state index in [1.165, 1.54) is 89.9 Å². The summed E-state index contributed by atoms with van der Waals surface area (Å²) in [5.74, 6) is 0.262. The first kappa shape index (κ1) is 22.5. The maximum absolute atomic E-state index is 11.7. The van der Waals surface area contributed by atoms with E-state index in [1.54, 1.807) is 0 Å². The highest BCUT2D eigenvalue weighted by Gasteiger charge is 2.00. The van der Waals surface area contributed by atoms with Crippen LogP contribution in [0.2, 0.25) is 0 Å². The van der Waals surface area contributed by atoms with E-state index < -0.39 is 0 Å². The van der Waals surface area contributed by atoms with Gasteiger partial charge in [0.15, 0.2) is 0 Å². The van der Waals surface area contributed by atoms with E-state index in [0.717, 1.165) is 25.8 Å². The number of nitrogens with one attached hydrogen (secondary N) is 1. The van der Waals surface area contributed by atoms with Crippen LogP contribution in [0, 0.1) is 0 Å². The van der Waals surface area contributed by atoms with Crippen molar-refractivity contribution in [3.63, 3.8) is 0 Å². The van der Waals surface area contributed by atoms with Crippen LogP contribution in [0.3, 0.4) is 0 Å². The molecule has 0 radical (unpaired) electrons. The molecule has 2 heteroatoms. The summed E-state index contributed by atoms with van der Waals surface area (Å²) >= 11 is 0. The Bertz CT molecular complexity index is 240. The summed E-state index contributed by atoms with van der Waals surface area (Å²) in [5, 5.41) is 3.07. The molecule has 23 heavy (non-hydrogen) atoms. The maximum atomic E-state index is 11.7. The van der Waals surface area contributed by atoms with Crippen LogP contribution in [-0.4, -0.2) is 12.5 Å². The second-order valence-corrected chi connectivity index (χ2v) is 7.05. The highest BCUT2D eigenvalue weighted by Crippen LogP contribution is 2.11. The molecule has 0 spiro atoms. The first-order valence-electron chi connectivity index (χ1n) is 10.6. The number of carbonyl (C=O) groups excluding carboxylic acids is 1. The van der Waals surface area contributed by atoms with Crippen LogP contribution in [0.5, 0.6) is 0 Å². The van der Waals surface area contributed by atoms with Gasteiger partial charge >= 0.3 is 0 Å². The molecule has 0 aliphatic carbocycles. The molecule has 0 aromatic heterocycles. The van der Waals surface area contributed by atoms with Crippen molar-refractivity contribution in [2.45, 2.75) is 123 Å². The Kier molecular flexibility index (Phi) is 19.1. The van der Waals surface area contributed by atoms with Gasteiger partial charge in [-0.05, 0) is 12.8 Å². The third kappa shape index (κ3) is 19.4. The smallest absolute Gasteiger partial charge is 0.219 e. The maximum Gasteiger partial charge on any atom is 0.219 e. The zero-order valence-corrected chi connectivity index (χ0v) is 16.1. The number of rotatable bonds is 18. The van der Waals surface area contributed by atoms with Gasteiger partial charge in [-0.15, -0.1) is 0 Å². The van der Waals surface area contributed by atoms with Crippen molar-refractivity contribution in [3.8, 4) is 0 Å². The van der Waals surface area contributed by atoms with Gasteiger partial charge in [-0.1, -0.05) is 104 Å². The van der Waals surface area contributed by atoms with Crippen molar-refractivity contribution < 1.29 is 4.79 Å². The van der Waals surface area contributed by atoms with Gasteiger partial charge in [-0.25, -0.2) is 0 Å². The van der Waals surface area contributed by atoms with Crippen molar-refractivity contribution in [1.82, 2.24) is 5.32 Å². The average molecular weight is 326 g/mol. The quantitative estimate of drug-likeness (QED) is 0.277. The monoisotopic (exact) mass is 325 g/mol. The molecule has 0 bridgehead atoms. The van der Waals surface area contributed by atoms with Crippen LogP contribution < -0.4 is 5.32 Å². The van der Waals surface area contributed by atoms with Gasteiger partial charge in [0, 0.05) is 13.0 Å². The minimum Gasteiger partial charge on any atom is -0.356 e. The van der Waals surface area contributed by atoms with Crippen molar-refractivity contribution in [1.29, 1.82) is 0 Å². The molecule has 1 N–H and O–H groups in total. The van der Waals surface area contributed by atoms with Gasteiger partial charge in [-0.3, -0.25) is 4.79 Å². The fraction of sp³-hybridized carbons (Fsp3) is 0.952. The van der Waals surface area contributed by atoms with E-state index >= 15 is 0 Å². The molecule has 0 saturated carbocycles. The van der Waals surface area contributed by atoms with E-state index in [-0.39, 0.29) is 5.91 Å². The van der Waals surface area contributed by atoms with Crippen LogP contribution in [-0.2, 0) is 4.79 Å². The second-order valence-electron chi connectivity index (χ2n) is 7.05. The Morgan fingerprint density at radius 2 is 0.957 bits per heavy atom. The van der Waals surface area contributed by atoms with E-state index in [0.29, 0.717) is 0 Å². The summed E-state index contributed by atoms with van der Waals surface area (Å²) in [4.78, 5) is 11.7. The summed E-state index contributed by atoms with van der Waals surface area (Å²) < 4.78 is 0. The molecule has 0 aromatic rings. The molecule has 138 valence electrons. The molecule has 0 fully saturated rings. The van der Waals surface area contributed by atoms with Crippen molar-refractivity contribution >= 4 is 5.91 Å². The van der Waals surface area contributed by atoms with Gasteiger partial charge in [-0.2, -0.15) is 0 Å². The summed E-state index contributed by atoms with van der Waals surface area (Å²) in [6, 6.07) is 0. The Morgan fingerprint density at radius 3 is 1.43 bits per heavy atom. The van der Waals surface area contributed by atoms with E-state index in [1.807, 2.05) is 0 Å². The molecule has 0 unspecified atom stereocenters. The molecule has 2 nitrogen and oxygen atoms in total. The third-order valence-corrected chi connectivity index (χ3v) is 4.61. The highest BCUT2D eigenvalue weighted by atomic mass is 16.1. The van der Waals surface area contributed by atoms with E-state index in [2.05, 4.69) is 19.2 Å². The molecule has 0 rings (SSSR count). The lowest BCUT2D eigenvalue weighted by Gasteiger charge is -2.05. The van der Waals surface area contributed by atoms with E-state index in [4.69, 9.17) is 0 Å². The van der Waals surface area contributed by atoms with Gasteiger partial charge < -0.3 is 5.32 Å². The second kappa shape index (κ2) is 19.5. The molecule has 0 atom stereocenters. The Balaban J connectivity index is 3.13. The van der Waals surface area contributed by atoms with Crippen LogP contribution in [0.15, 0.2) is 0 Å². The Morgan fingerprint density at radius 1 is 0.565 bits per heavy atom. The number of amides is 1. The summed E-state index contributed by atoms with van der Waals surface area (Å²) in [6.45, 7) is 5.39. The lowest BCUT2D eigenvalue weighted by Crippen LogP contribution is -2.23. The Labute approximate surface area is 146 Å². The first-order chi connectivity index (χ1) is 11.3. The van der Waals surface area contributed by atoms with Gasteiger partial charge in [0.1, 0.15) is 0 Å². The van der Waals surface area contributed by atoms with Crippen LogP contribution in [0.4, 0.5) is 0 Å². The van der Waals surface area contributed by atoms with Crippen LogP contribution in [0.25, 0.3) is 0 Å². The number of hydrogen-bond acceptors (Lipinski definition) is 1. The van der Waals surface area contributed by atoms with Crippen LogP contribution >= 0.6 is 0 Å². The fourth-order valence-corrected chi connectivity index (χ4v) is 2.99. The number of unbranched alkanes of at least 4 members (excludes halogenated alkanes) is 14. The predicted molar refractivity (Wildman–Crippen MR) is 103 cm³/mol. The summed E-state index contributed by atoms with van der Waals surface area (Å²) in [5.41, 5.74) is 0. The molecule has 0 aliphatic heterocycles. The van der Waals surface area contributed by atoms with E-state index in [9.17, 15) is 4.79 Å². The topological polar surface area (TPSA) is 29.1 Å². The number of carbonyl (C=O) groups is 1. The van der Waals surface area contributed by atoms with Crippen LogP contribution in [0.1, 0.15) is 123 Å². The molecule has 0 heterocycles. The minimum atomic E-state index is 0.262. The largest absolute Gasteiger partial charge is 0.356 e. The molecule has 0 aliphatic rings. The molecular formula is C21H43NO. The predicted octanol–water partition coefficient (Wildman–Crippen LogP) is 6.77. The standard InChI is InChI=1S/C21H43NO/c1-3-5-7-9-11-12-13-14-15-17-19-21(23)22-20-18-16-10-8-6-4-2/h3-20H2,1-2H3,(H,22,23). The normalized spacial score (nSPS) is 10.9. The van der Waals surface area contributed by atoms with Gasteiger partial charge in [0.25, 0.3) is 0 Å². The average Bonchev–Trinajstić information content (AvgIpc) is 2.55. The minimum absolute atomic E-state index is 0.262. The molecule has 1 amide bonds.